The van der Waals surface area contributed by atoms with E-state index >= 15 is 0 Å². The molecule has 0 aliphatic rings. The molecule has 0 saturated heterocycles. The Labute approximate surface area is 106 Å². The van der Waals surface area contributed by atoms with Gasteiger partial charge in [0.1, 0.15) is 0 Å². The Morgan fingerprint density at radius 1 is 1.61 bits per heavy atom. The van der Waals surface area contributed by atoms with Crippen LogP contribution in [-0.2, 0) is 6.54 Å². The lowest BCUT2D eigenvalue weighted by Crippen LogP contribution is -2.04. The molecule has 0 aliphatic carbocycles. The summed E-state index contributed by atoms with van der Waals surface area (Å²) in [7, 11) is 0. The molecule has 0 saturated carbocycles. The molecule has 2 heterocycles. The highest BCUT2D eigenvalue weighted by Gasteiger charge is 2.16. The van der Waals surface area contributed by atoms with Gasteiger partial charge < -0.3 is 9.84 Å². The van der Waals surface area contributed by atoms with Gasteiger partial charge in [0.15, 0.2) is 5.82 Å². The van der Waals surface area contributed by atoms with Crippen molar-refractivity contribution < 1.29 is 9.45 Å². The Balaban J connectivity index is 2.16. The fraction of sp³-hybridized carbons (Fsp3) is 0.222. The standard InChI is InChI=1S/C9H8ClN5O3/c1-5-13-8(18-14-5)4-12-9-7(15(16)17)2-6(10)3-11-9/h2-3H,4H2,1H3,(H,11,12). The second kappa shape index (κ2) is 4.96. The van der Waals surface area contributed by atoms with Crippen molar-refractivity contribution in [3.8, 4) is 0 Å². The van der Waals surface area contributed by atoms with Crippen LogP contribution in [0.4, 0.5) is 11.5 Å². The molecule has 0 aliphatic heterocycles. The molecule has 0 aromatic carbocycles. The summed E-state index contributed by atoms with van der Waals surface area (Å²) in [5.41, 5.74) is -0.210. The summed E-state index contributed by atoms with van der Waals surface area (Å²) in [5, 5.41) is 17.3. The van der Waals surface area contributed by atoms with Gasteiger partial charge in [-0.2, -0.15) is 4.98 Å². The first-order chi connectivity index (χ1) is 8.56. The van der Waals surface area contributed by atoms with Gasteiger partial charge in [0.25, 0.3) is 0 Å². The largest absolute Gasteiger partial charge is 0.355 e. The van der Waals surface area contributed by atoms with Gasteiger partial charge in [-0.1, -0.05) is 16.8 Å². The van der Waals surface area contributed by atoms with Crippen molar-refractivity contribution in [3.05, 3.63) is 39.1 Å². The first-order valence-corrected chi connectivity index (χ1v) is 5.27. The first-order valence-electron chi connectivity index (χ1n) is 4.89. The van der Waals surface area contributed by atoms with Crippen molar-refractivity contribution in [1.29, 1.82) is 0 Å². The van der Waals surface area contributed by atoms with Gasteiger partial charge in [-0.15, -0.1) is 0 Å². The van der Waals surface area contributed by atoms with Gasteiger partial charge in [0, 0.05) is 12.3 Å². The van der Waals surface area contributed by atoms with Gasteiger partial charge in [-0.05, 0) is 6.92 Å². The normalized spacial score (nSPS) is 10.3. The summed E-state index contributed by atoms with van der Waals surface area (Å²) in [4.78, 5) is 18.0. The number of aromatic nitrogens is 3. The zero-order valence-electron chi connectivity index (χ0n) is 9.25. The fourth-order valence-electron chi connectivity index (χ4n) is 1.28. The maximum Gasteiger partial charge on any atom is 0.312 e. The summed E-state index contributed by atoms with van der Waals surface area (Å²) in [6.45, 7) is 1.83. The number of nitro groups is 1. The Hall–Kier alpha value is -2.22. The lowest BCUT2D eigenvalue weighted by Gasteiger charge is -2.03. The van der Waals surface area contributed by atoms with Crippen LogP contribution in [0.2, 0.25) is 5.02 Å². The van der Waals surface area contributed by atoms with E-state index in [1.165, 1.54) is 12.3 Å². The summed E-state index contributed by atoms with van der Waals surface area (Å²) in [6.07, 6.45) is 1.32. The lowest BCUT2D eigenvalue weighted by atomic mass is 10.4. The monoisotopic (exact) mass is 269 g/mol. The molecule has 0 unspecified atom stereocenters. The quantitative estimate of drug-likeness (QED) is 0.667. The van der Waals surface area contributed by atoms with E-state index in [1.807, 2.05) is 0 Å². The van der Waals surface area contributed by atoms with E-state index in [-0.39, 0.29) is 23.1 Å². The van der Waals surface area contributed by atoms with Gasteiger partial charge in [-0.25, -0.2) is 4.98 Å². The Kier molecular flexibility index (Phi) is 3.38. The predicted molar refractivity (Wildman–Crippen MR) is 62.3 cm³/mol. The zero-order chi connectivity index (χ0) is 13.1. The molecule has 0 amide bonds. The maximum atomic E-state index is 10.8. The highest BCUT2D eigenvalue weighted by atomic mass is 35.5. The van der Waals surface area contributed by atoms with Crippen molar-refractivity contribution in [2.45, 2.75) is 13.5 Å². The van der Waals surface area contributed by atoms with Crippen LogP contribution in [0.3, 0.4) is 0 Å². The highest BCUT2D eigenvalue weighted by molar-refractivity contribution is 6.30. The van der Waals surface area contributed by atoms with Crippen molar-refractivity contribution in [2.24, 2.45) is 0 Å². The number of halogens is 1. The number of nitrogens with zero attached hydrogens (tertiary/aromatic N) is 4. The first kappa shape index (κ1) is 12.2. The van der Waals surface area contributed by atoms with Gasteiger partial charge in [0.2, 0.25) is 11.7 Å². The second-order valence-corrected chi connectivity index (χ2v) is 3.80. The smallest absolute Gasteiger partial charge is 0.312 e. The topological polar surface area (TPSA) is 107 Å². The van der Waals surface area contributed by atoms with Crippen LogP contribution in [0.5, 0.6) is 0 Å². The Morgan fingerprint density at radius 2 is 2.39 bits per heavy atom. The van der Waals surface area contributed by atoms with Crippen molar-refractivity contribution in [3.63, 3.8) is 0 Å². The van der Waals surface area contributed by atoms with Gasteiger partial charge >= 0.3 is 5.69 Å². The fourth-order valence-corrected chi connectivity index (χ4v) is 1.43. The molecule has 0 atom stereocenters. The predicted octanol–water partition coefficient (Wildman–Crippen LogP) is 1.95. The summed E-state index contributed by atoms with van der Waals surface area (Å²) in [5.74, 6) is 0.907. The van der Waals surface area contributed by atoms with Crippen LogP contribution in [0.25, 0.3) is 0 Å². The lowest BCUT2D eigenvalue weighted by molar-refractivity contribution is -0.384. The van der Waals surface area contributed by atoms with Crippen LogP contribution < -0.4 is 5.32 Å². The van der Waals surface area contributed by atoms with Gasteiger partial charge in [-0.3, -0.25) is 10.1 Å². The van der Waals surface area contributed by atoms with E-state index in [1.54, 1.807) is 6.92 Å². The third-order valence-corrected chi connectivity index (χ3v) is 2.21. The third kappa shape index (κ3) is 2.72. The third-order valence-electron chi connectivity index (χ3n) is 2.01. The molecule has 1 N–H and O–H groups in total. The maximum absolute atomic E-state index is 10.8. The minimum atomic E-state index is -0.569. The highest BCUT2D eigenvalue weighted by Crippen LogP contribution is 2.25. The molecular formula is C9H8ClN5O3. The molecule has 9 heteroatoms. The van der Waals surface area contributed by atoms with Crippen molar-refractivity contribution >= 4 is 23.1 Å². The van der Waals surface area contributed by atoms with Crippen molar-refractivity contribution in [1.82, 2.24) is 15.1 Å². The second-order valence-electron chi connectivity index (χ2n) is 3.37. The molecule has 8 nitrogen and oxygen atoms in total. The molecule has 0 spiro atoms. The molecule has 0 radical (unpaired) electrons. The molecule has 0 bridgehead atoms. The molecule has 18 heavy (non-hydrogen) atoms. The van der Waals surface area contributed by atoms with Crippen molar-refractivity contribution in [2.75, 3.05) is 5.32 Å². The van der Waals surface area contributed by atoms with Crippen LogP contribution in [0.15, 0.2) is 16.8 Å². The van der Waals surface area contributed by atoms with Crippen LogP contribution >= 0.6 is 11.6 Å². The number of pyridine rings is 1. The Morgan fingerprint density at radius 3 is 3.00 bits per heavy atom. The van der Waals surface area contributed by atoms with E-state index in [0.29, 0.717) is 11.7 Å². The van der Waals surface area contributed by atoms with E-state index in [9.17, 15) is 10.1 Å². The number of aryl methyl sites for hydroxylation is 1. The minimum absolute atomic E-state index is 0.0975. The van der Waals surface area contributed by atoms with E-state index in [2.05, 4.69) is 20.4 Å². The summed E-state index contributed by atoms with van der Waals surface area (Å²) in [6, 6.07) is 1.22. The number of anilines is 1. The average molecular weight is 270 g/mol. The number of hydrogen-bond donors (Lipinski definition) is 1. The minimum Gasteiger partial charge on any atom is -0.355 e. The molecule has 2 rings (SSSR count). The van der Waals surface area contributed by atoms with Crippen LogP contribution in [-0.4, -0.2) is 20.0 Å². The van der Waals surface area contributed by atoms with E-state index in [0.717, 1.165) is 0 Å². The Bertz CT molecular complexity index is 585. The average Bonchev–Trinajstić information content (AvgIpc) is 2.73. The summed E-state index contributed by atoms with van der Waals surface area (Å²) >= 11 is 5.65. The number of rotatable bonds is 4. The zero-order valence-corrected chi connectivity index (χ0v) is 10.0. The van der Waals surface area contributed by atoms with Gasteiger partial charge in [0.05, 0.1) is 16.5 Å². The molecular weight excluding hydrogens is 262 g/mol. The van der Waals surface area contributed by atoms with Crippen LogP contribution in [0, 0.1) is 17.0 Å². The molecule has 94 valence electrons. The molecule has 2 aromatic rings. The molecule has 0 fully saturated rings. The van der Waals surface area contributed by atoms with E-state index in [4.69, 9.17) is 16.1 Å². The SMILES string of the molecule is Cc1noc(CNc2ncc(Cl)cc2[N+](=O)[O-])n1. The van der Waals surface area contributed by atoms with E-state index < -0.39 is 4.92 Å². The number of nitrogens with one attached hydrogen (secondary N) is 1. The summed E-state index contributed by atoms with van der Waals surface area (Å²) < 4.78 is 4.86. The van der Waals surface area contributed by atoms with Crippen LogP contribution in [0.1, 0.15) is 11.7 Å². The number of hydrogen-bond acceptors (Lipinski definition) is 7. The molecule has 2 aromatic heterocycles.